The highest BCUT2D eigenvalue weighted by molar-refractivity contribution is 7.19. The predicted molar refractivity (Wildman–Crippen MR) is 104 cm³/mol. The van der Waals surface area contributed by atoms with Gasteiger partial charge in [-0.1, -0.05) is 11.6 Å². The summed E-state index contributed by atoms with van der Waals surface area (Å²) in [5, 5.41) is 9.91. The fourth-order valence-electron chi connectivity index (χ4n) is 3.57. The number of hydrogen-bond donors (Lipinski definition) is 1. The second-order valence-corrected chi connectivity index (χ2v) is 8.28. The number of halogens is 3. The summed E-state index contributed by atoms with van der Waals surface area (Å²) < 4.78 is 35.3. The summed E-state index contributed by atoms with van der Waals surface area (Å²) in [5.41, 5.74) is 2.38. The van der Waals surface area contributed by atoms with E-state index >= 15 is 0 Å². The molecule has 1 aromatic carbocycles. The second-order valence-electron chi connectivity index (χ2n) is 6.74. The highest BCUT2D eigenvalue weighted by Crippen LogP contribution is 2.43. The van der Waals surface area contributed by atoms with Gasteiger partial charge in [-0.05, 0) is 49.9 Å². The van der Waals surface area contributed by atoms with Crippen LogP contribution in [0.15, 0.2) is 24.4 Å². The molecule has 1 fully saturated rings. The largest absolute Gasteiger partial charge is 0.486 e. The van der Waals surface area contributed by atoms with Gasteiger partial charge in [0.2, 0.25) is 0 Å². The molecule has 3 aromatic rings. The van der Waals surface area contributed by atoms with E-state index in [0.29, 0.717) is 39.4 Å². The van der Waals surface area contributed by atoms with Crippen LogP contribution >= 0.6 is 22.9 Å². The zero-order valence-electron chi connectivity index (χ0n) is 14.6. The van der Waals surface area contributed by atoms with Crippen LogP contribution in [0.5, 0.6) is 5.75 Å². The van der Waals surface area contributed by atoms with Crippen LogP contribution in [0.25, 0.3) is 21.3 Å². The number of ether oxygens (including phenoxy) is 1. The van der Waals surface area contributed by atoms with Crippen molar-refractivity contribution in [2.24, 2.45) is 0 Å². The van der Waals surface area contributed by atoms with E-state index in [2.05, 4.69) is 4.98 Å². The molecule has 0 aliphatic heterocycles. The minimum Gasteiger partial charge on any atom is -0.486 e. The molecule has 1 aliphatic carbocycles. The zero-order chi connectivity index (χ0) is 19.1. The molecular weight excluding hydrogens is 392 g/mol. The first-order valence-electron chi connectivity index (χ1n) is 8.77. The van der Waals surface area contributed by atoms with Crippen LogP contribution in [0.2, 0.25) is 5.02 Å². The van der Waals surface area contributed by atoms with Crippen LogP contribution in [0.4, 0.5) is 8.78 Å². The number of pyridine rings is 1. The molecule has 142 valence electrons. The number of rotatable bonds is 4. The average Bonchev–Trinajstić information content (AvgIpc) is 3.20. The van der Waals surface area contributed by atoms with Gasteiger partial charge in [0.25, 0.3) is 0 Å². The van der Waals surface area contributed by atoms with Crippen molar-refractivity contribution in [3.63, 3.8) is 0 Å². The van der Waals surface area contributed by atoms with Gasteiger partial charge < -0.3 is 9.84 Å². The monoisotopic (exact) mass is 409 g/mol. The fraction of sp³-hybridized carbons (Fsp3) is 0.350. The number of benzene rings is 1. The molecule has 2 atom stereocenters. The second kappa shape index (κ2) is 7.34. The van der Waals surface area contributed by atoms with Gasteiger partial charge in [-0.2, -0.15) is 0 Å². The van der Waals surface area contributed by atoms with Gasteiger partial charge in [-0.15, -0.1) is 11.3 Å². The summed E-state index contributed by atoms with van der Waals surface area (Å²) in [6.45, 7) is 1.47. The molecule has 1 N–H and O–H groups in total. The van der Waals surface area contributed by atoms with Crippen molar-refractivity contribution in [1.82, 2.24) is 4.98 Å². The number of aromatic nitrogens is 1. The van der Waals surface area contributed by atoms with E-state index in [1.54, 1.807) is 18.2 Å². The predicted octanol–water partition coefficient (Wildman–Crippen LogP) is 5.83. The van der Waals surface area contributed by atoms with E-state index in [0.717, 1.165) is 23.3 Å². The minimum atomic E-state index is -0.995. The van der Waals surface area contributed by atoms with Crippen molar-refractivity contribution in [1.29, 1.82) is 0 Å². The van der Waals surface area contributed by atoms with Gasteiger partial charge in [0, 0.05) is 22.3 Å². The van der Waals surface area contributed by atoms with Crippen molar-refractivity contribution in [3.8, 4) is 16.9 Å². The molecule has 1 aliphatic rings. The maximum absolute atomic E-state index is 14.4. The summed E-state index contributed by atoms with van der Waals surface area (Å²) in [7, 11) is 0. The highest BCUT2D eigenvalue weighted by Gasteiger charge is 2.30. The van der Waals surface area contributed by atoms with E-state index in [1.807, 2.05) is 6.92 Å². The summed E-state index contributed by atoms with van der Waals surface area (Å²) in [6.07, 6.45) is 1.99. The molecule has 0 amide bonds. The summed E-state index contributed by atoms with van der Waals surface area (Å²) in [5.74, 6) is 0.0426. The molecule has 0 radical (unpaired) electrons. The van der Waals surface area contributed by atoms with Crippen LogP contribution in [0, 0.1) is 12.7 Å². The molecular formula is C20H18ClF2NO2S. The molecule has 2 heterocycles. The number of hydrogen-bond acceptors (Lipinski definition) is 4. The van der Waals surface area contributed by atoms with Crippen LogP contribution in [0.1, 0.15) is 29.7 Å². The van der Waals surface area contributed by atoms with Crippen molar-refractivity contribution < 1.29 is 18.6 Å². The van der Waals surface area contributed by atoms with Gasteiger partial charge in [0.15, 0.2) is 5.82 Å². The Bertz CT molecular complexity index is 1010. The standard InChI is InChI=1S/C20H18ClF2NO2S/c1-10-7-11(21)8-13(19(10)26-15-4-2-3-14(15)22)12-5-6-24-18-17(23)16(9-25)27-20(12)18/h5-8,14-15,25H,2-4,9H2,1H3/t14-,15+/m0/s1. The summed E-state index contributed by atoms with van der Waals surface area (Å²) >= 11 is 7.43. The number of alkyl halides is 1. The SMILES string of the molecule is Cc1cc(Cl)cc(-c2ccnc3c(F)c(CO)sc23)c1O[C@@H]1CCC[C@@H]1F. The van der Waals surface area contributed by atoms with Crippen molar-refractivity contribution >= 4 is 33.2 Å². The van der Waals surface area contributed by atoms with Gasteiger partial charge in [0.05, 0.1) is 16.2 Å². The van der Waals surface area contributed by atoms with E-state index in [1.165, 1.54) is 6.20 Å². The quantitative estimate of drug-likeness (QED) is 0.589. The van der Waals surface area contributed by atoms with Crippen LogP contribution in [-0.4, -0.2) is 22.4 Å². The molecule has 4 rings (SSSR count). The minimum absolute atomic E-state index is 0.203. The molecule has 7 heteroatoms. The van der Waals surface area contributed by atoms with Crippen LogP contribution in [-0.2, 0) is 6.61 Å². The van der Waals surface area contributed by atoms with E-state index in [-0.39, 0.29) is 10.4 Å². The summed E-state index contributed by atoms with van der Waals surface area (Å²) in [6, 6.07) is 5.28. The third kappa shape index (κ3) is 3.30. The molecule has 27 heavy (non-hydrogen) atoms. The average molecular weight is 410 g/mol. The highest BCUT2D eigenvalue weighted by atomic mass is 35.5. The normalized spacial score (nSPS) is 19.7. The van der Waals surface area contributed by atoms with Gasteiger partial charge in [-0.25, -0.2) is 8.78 Å². The maximum Gasteiger partial charge on any atom is 0.165 e. The molecule has 3 nitrogen and oxygen atoms in total. The molecule has 0 spiro atoms. The van der Waals surface area contributed by atoms with Gasteiger partial charge >= 0.3 is 0 Å². The Morgan fingerprint density at radius 1 is 1.33 bits per heavy atom. The molecule has 2 aromatic heterocycles. The third-order valence-electron chi connectivity index (χ3n) is 4.90. The molecule has 1 saturated carbocycles. The fourth-order valence-corrected chi connectivity index (χ4v) is 4.87. The number of nitrogens with zero attached hydrogens (tertiary/aromatic N) is 1. The third-order valence-corrected chi connectivity index (χ3v) is 6.29. The smallest absolute Gasteiger partial charge is 0.165 e. The Kier molecular flexibility index (Phi) is 5.05. The van der Waals surface area contributed by atoms with Crippen molar-refractivity contribution in [2.75, 3.05) is 0 Å². The summed E-state index contributed by atoms with van der Waals surface area (Å²) in [4.78, 5) is 4.34. The maximum atomic E-state index is 14.4. The van der Waals surface area contributed by atoms with E-state index in [4.69, 9.17) is 16.3 Å². The Morgan fingerprint density at radius 2 is 2.15 bits per heavy atom. The molecule has 0 unspecified atom stereocenters. The first-order chi connectivity index (χ1) is 13.0. The Balaban J connectivity index is 1.90. The van der Waals surface area contributed by atoms with Gasteiger partial charge in [0.1, 0.15) is 23.5 Å². The van der Waals surface area contributed by atoms with Crippen LogP contribution in [0.3, 0.4) is 0 Å². The lowest BCUT2D eigenvalue weighted by molar-refractivity contribution is 0.125. The lowest BCUT2D eigenvalue weighted by Crippen LogP contribution is -2.23. The topological polar surface area (TPSA) is 42.4 Å². The Labute approximate surface area is 164 Å². The first kappa shape index (κ1) is 18.6. The molecule has 0 saturated heterocycles. The lowest BCUT2D eigenvalue weighted by atomic mass is 10.0. The van der Waals surface area contributed by atoms with Crippen molar-refractivity contribution in [3.05, 3.63) is 45.7 Å². The van der Waals surface area contributed by atoms with Crippen LogP contribution < -0.4 is 4.74 Å². The number of fused-ring (bicyclic) bond motifs is 1. The van der Waals surface area contributed by atoms with Gasteiger partial charge in [-0.3, -0.25) is 4.98 Å². The number of aliphatic hydroxyl groups is 1. The van der Waals surface area contributed by atoms with Crippen molar-refractivity contribution in [2.45, 2.75) is 45.1 Å². The Hall–Kier alpha value is -1.76. The Morgan fingerprint density at radius 3 is 2.85 bits per heavy atom. The number of aliphatic hydroxyl groups excluding tert-OH is 1. The lowest BCUT2D eigenvalue weighted by Gasteiger charge is -2.21. The molecule has 0 bridgehead atoms. The zero-order valence-corrected chi connectivity index (χ0v) is 16.2. The van der Waals surface area contributed by atoms with E-state index in [9.17, 15) is 13.9 Å². The number of aryl methyl sites for hydroxylation is 1. The van der Waals surface area contributed by atoms with E-state index < -0.39 is 24.7 Å². The number of thiophene rings is 1. The first-order valence-corrected chi connectivity index (χ1v) is 9.97.